The number of hydrogen-bond acceptors (Lipinski definition) is 7. The average Bonchev–Trinajstić information content (AvgIpc) is 3.16. The first-order valence-electron chi connectivity index (χ1n) is 15.3. The number of fused-ring (bicyclic) bond motifs is 6. The van der Waals surface area contributed by atoms with Crippen molar-refractivity contribution >= 4 is 32.4 Å². The van der Waals surface area contributed by atoms with Crippen LogP contribution in [0.5, 0.6) is 11.6 Å². The summed E-state index contributed by atoms with van der Waals surface area (Å²) in [4.78, 5) is 21.2. The minimum atomic E-state index is 0.615. The second-order valence-corrected chi connectivity index (χ2v) is 10.7. The topological polar surface area (TPSA) is 82.9 Å². The maximum atomic E-state index is 5.34. The Morgan fingerprint density at radius 2 is 1.07 bits per heavy atom. The molecule has 0 atom stereocenters. The molecule has 1 aliphatic rings. The van der Waals surface area contributed by atoms with Gasteiger partial charge in [-0.25, -0.2) is 4.98 Å². The fourth-order valence-electron chi connectivity index (χ4n) is 5.60. The van der Waals surface area contributed by atoms with Crippen molar-refractivity contribution in [2.75, 3.05) is 14.2 Å². The van der Waals surface area contributed by atoms with Gasteiger partial charge in [-0.2, -0.15) is 0 Å². The number of aromatic nitrogens is 5. The van der Waals surface area contributed by atoms with Crippen LogP contribution in [0.3, 0.4) is 0 Å². The van der Waals surface area contributed by atoms with Crippen LogP contribution >= 0.6 is 0 Å². The first kappa shape index (κ1) is 30.3. The van der Waals surface area contributed by atoms with Gasteiger partial charge < -0.3 is 9.47 Å². The second-order valence-electron chi connectivity index (χ2n) is 10.7. The monoisotopic (exact) mass is 605 g/mol. The van der Waals surface area contributed by atoms with Gasteiger partial charge >= 0.3 is 0 Å². The van der Waals surface area contributed by atoms with Crippen molar-refractivity contribution in [2.24, 2.45) is 0 Å². The zero-order valence-electron chi connectivity index (χ0n) is 26.0. The normalized spacial score (nSPS) is 12.1. The van der Waals surface area contributed by atoms with E-state index in [2.05, 4.69) is 43.1 Å². The molecule has 7 aromatic rings. The molecule has 5 aromatic heterocycles. The van der Waals surface area contributed by atoms with E-state index in [0.29, 0.717) is 5.88 Å². The van der Waals surface area contributed by atoms with Gasteiger partial charge in [-0.3, -0.25) is 19.9 Å². The van der Waals surface area contributed by atoms with Gasteiger partial charge in [-0.1, -0.05) is 18.2 Å². The lowest BCUT2D eigenvalue weighted by molar-refractivity contribution is 0.399. The Hall–Kier alpha value is -5.69. The lowest BCUT2D eigenvalue weighted by Crippen LogP contribution is -1.91. The number of rotatable bonds is 4. The van der Waals surface area contributed by atoms with E-state index in [4.69, 9.17) is 9.47 Å². The first-order valence-corrected chi connectivity index (χ1v) is 15.3. The van der Waals surface area contributed by atoms with E-state index in [9.17, 15) is 0 Å². The maximum Gasteiger partial charge on any atom is 0.213 e. The SMILES string of the molecule is C1=CCCCC1.COc1ccc(-c2ccncc2)c(-c2ccncc2)c1.COc1ccc2c3ccncc3c3cnccc3c2n1. The molecule has 0 unspecified atom stereocenters. The molecule has 0 saturated heterocycles. The van der Waals surface area contributed by atoms with E-state index in [1.807, 2.05) is 73.1 Å². The molecule has 228 valence electrons. The summed E-state index contributed by atoms with van der Waals surface area (Å²) in [6.07, 6.45) is 24.5. The highest BCUT2D eigenvalue weighted by Crippen LogP contribution is 2.35. The maximum absolute atomic E-state index is 5.34. The van der Waals surface area contributed by atoms with Crippen molar-refractivity contribution in [3.8, 4) is 33.9 Å². The number of hydrogen-bond donors (Lipinski definition) is 0. The highest BCUT2D eigenvalue weighted by molar-refractivity contribution is 6.23. The van der Waals surface area contributed by atoms with Crippen LogP contribution in [0.4, 0.5) is 0 Å². The van der Waals surface area contributed by atoms with E-state index >= 15 is 0 Å². The van der Waals surface area contributed by atoms with Crippen LogP contribution in [0, 0.1) is 0 Å². The Morgan fingerprint density at radius 3 is 1.65 bits per heavy atom. The number of methoxy groups -OCH3 is 2. The summed E-state index contributed by atoms with van der Waals surface area (Å²) in [7, 11) is 3.31. The van der Waals surface area contributed by atoms with Crippen molar-refractivity contribution in [1.29, 1.82) is 0 Å². The van der Waals surface area contributed by atoms with Gasteiger partial charge in [0.25, 0.3) is 0 Å². The third-order valence-electron chi connectivity index (χ3n) is 7.92. The number of allylic oxidation sites excluding steroid dienone is 2. The molecule has 46 heavy (non-hydrogen) atoms. The molecule has 1 aliphatic carbocycles. The molecular formula is C39H35N5O2. The minimum absolute atomic E-state index is 0.615. The van der Waals surface area contributed by atoms with E-state index in [1.54, 1.807) is 51.4 Å². The zero-order valence-corrected chi connectivity index (χ0v) is 26.0. The minimum Gasteiger partial charge on any atom is -0.497 e. The quantitative estimate of drug-likeness (QED) is 0.146. The van der Waals surface area contributed by atoms with Crippen molar-refractivity contribution in [3.63, 3.8) is 0 Å². The Labute approximate surface area is 268 Å². The molecule has 0 radical (unpaired) electrons. The summed E-state index contributed by atoms with van der Waals surface area (Å²) in [6.45, 7) is 0. The van der Waals surface area contributed by atoms with Crippen LogP contribution in [0.2, 0.25) is 0 Å². The highest BCUT2D eigenvalue weighted by atomic mass is 16.5. The fraction of sp³-hybridized carbons (Fsp3) is 0.154. The molecule has 2 aromatic carbocycles. The largest absolute Gasteiger partial charge is 0.497 e. The van der Waals surface area contributed by atoms with E-state index in [-0.39, 0.29) is 0 Å². The molecule has 0 N–H and O–H groups in total. The van der Waals surface area contributed by atoms with Gasteiger partial charge in [0.05, 0.1) is 19.7 Å². The van der Waals surface area contributed by atoms with Crippen LogP contribution in [0.15, 0.2) is 128 Å². The van der Waals surface area contributed by atoms with Crippen LogP contribution in [0.25, 0.3) is 54.7 Å². The third kappa shape index (κ3) is 6.84. The zero-order chi connectivity index (χ0) is 31.6. The van der Waals surface area contributed by atoms with Gasteiger partial charge in [0.15, 0.2) is 0 Å². The van der Waals surface area contributed by atoms with Gasteiger partial charge in [-0.15, -0.1) is 0 Å². The van der Waals surface area contributed by atoms with E-state index in [1.165, 1.54) is 25.7 Å². The predicted molar refractivity (Wildman–Crippen MR) is 186 cm³/mol. The van der Waals surface area contributed by atoms with E-state index in [0.717, 1.165) is 60.5 Å². The van der Waals surface area contributed by atoms with Crippen molar-refractivity contribution < 1.29 is 9.47 Å². The molecule has 0 bridgehead atoms. The first-order chi connectivity index (χ1) is 22.8. The van der Waals surface area contributed by atoms with Crippen LogP contribution in [0.1, 0.15) is 25.7 Å². The Morgan fingerprint density at radius 1 is 0.500 bits per heavy atom. The fourth-order valence-corrected chi connectivity index (χ4v) is 5.60. The summed E-state index contributed by atoms with van der Waals surface area (Å²) in [5.74, 6) is 1.46. The Kier molecular flexibility index (Phi) is 9.80. The van der Waals surface area contributed by atoms with Gasteiger partial charge in [0.2, 0.25) is 5.88 Å². The number of ether oxygens (including phenoxy) is 2. The van der Waals surface area contributed by atoms with Gasteiger partial charge in [-0.05, 0) is 108 Å². The summed E-state index contributed by atoms with van der Waals surface area (Å²) >= 11 is 0. The smallest absolute Gasteiger partial charge is 0.213 e. The molecule has 8 rings (SSSR count). The Balaban J connectivity index is 0.000000137. The third-order valence-corrected chi connectivity index (χ3v) is 7.92. The van der Waals surface area contributed by atoms with Gasteiger partial charge in [0, 0.05) is 77.2 Å². The molecule has 0 amide bonds. The van der Waals surface area contributed by atoms with Crippen LogP contribution in [-0.4, -0.2) is 39.1 Å². The molecule has 7 nitrogen and oxygen atoms in total. The van der Waals surface area contributed by atoms with Crippen LogP contribution < -0.4 is 9.47 Å². The molecule has 7 heteroatoms. The predicted octanol–water partition coefficient (Wildman–Crippen LogP) is 9.28. The molecule has 0 aliphatic heterocycles. The summed E-state index contributed by atoms with van der Waals surface area (Å²) in [5.41, 5.74) is 5.46. The lowest BCUT2D eigenvalue weighted by Gasteiger charge is -2.12. The Bertz CT molecular complexity index is 2040. The molecule has 0 spiro atoms. The average molecular weight is 606 g/mol. The molecule has 0 saturated carbocycles. The molecular weight excluding hydrogens is 570 g/mol. The summed E-state index contributed by atoms with van der Waals surface area (Å²) < 4.78 is 10.6. The molecule has 0 fully saturated rings. The lowest BCUT2D eigenvalue weighted by atomic mass is 9.95. The standard InChI is InChI=1S/C17H14N2O.C16H11N3O.C6H10/c1-20-15-2-3-16(13-4-8-18-9-5-13)17(12-15)14-6-10-19-11-7-14;1-20-15-3-2-11-10-4-6-17-8-13(10)14-9-18-7-5-12(14)16(11)19-15;1-2-4-6-5-3-1/h2-12H,1H3;2-9H,1H3;1-2H,3-6H2. The van der Waals surface area contributed by atoms with Crippen LogP contribution in [-0.2, 0) is 0 Å². The summed E-state index contributed by atoms with van der Waals surface area (Å²) in [5, 5.41) is 5.45. The summed E-state index contributed by atoms with van der Waals surface area (Å²) in [6, 6.07) is 22.0. The second kappa shape index (κ2) is 14.9. The number of benzene rings is 2. The van der Waals surface area contributed by atoms with Crippen molar-refractivity contribution in [2.45, 2.75) is 25.7 Å². The molecule has 5 heterocycles. The number of nitrogens with zero attached hydrogens (tertiary/aromatic N) is 5. The van der Waals surface area contributed by atoms with Gasteiger partial charge in [0.1, 0.15) is 5.75 Å². The van der Waals surface area contributed by atoms with Crippen molar-refractivity contribution in [1.82, 2.24) is 24.9 Å². The number of pyridine rings is 5. The highest BCUT2D eigenvalue weighted by Gasteiger charge is 2.11. The van der Waals surface area contributed by atoms with E-state index < -0.39 is 0 Å². The van der Waals surface area contributed by atoms with Crippen molar-refractivity contribution in [3.05, 3.63) is 128 Å².